The first-order valence-corrected chi connectivity index (χ1v) is 8.42. The molecule has 1 fully saturated rings. The SMILES string of the molecule is O=S([O-])NC1COC(COS(=O)(=O)[O-])C[C@H]1OS(=O)[O-]. The molecular formula is C6H10NO10S3-3. The Morgan fingerprint density at radius 3 is 2.50 bits per heavy atom. The van der Waals surface area contributed by atoms with Gasteiger partial charge in [0.05, 0.1) is 42.8 Å². The number of hydrogen-bond acceptors (Lipinski definition) is 10. The molecule has 0 aromatic carbocycles. The Balaban J connectivity index is 2.61. The molecule has 1 aliphatic heterocycles. The molecular weight excluding hydrogens is 342 g/mol. The van der Waals surface area contributed by atoms with Gasteiger partial charge in [-0.05, 0) is 0 Å². The van der Waals surface area contributed by atoms with Gasteiger partial charge in [0.25, 0.3) is 0 Å². The number of ether oxygens (including phenoxy) is 1. The van der Waals surface area contributed by atoms with Gasteiger partial charge >= 0.3 is 0 Å². The second kappa shape index (κ2) is 7.83. The molecule has 0 bridgehead atoms. The van der Waals surface area contributed by atoms with E-state index >= 15 is 0 Å². The van der Waals surface area contributed by atoms with Crippen molar-refractivity contribution in [1.29, 1.82) is 0 Å². The second-order valence-electron chi connectivity index (χ2n) is 3.68. The Bertz CT molecular complexity index is 466. The summed E-state index contributed by atoms with van der Waals surface area (Å²) in [7, 11) is -4.90. The van der Waals surface area contributed by atoms with Crippen LogP contribution in [0.2, 0.25) is 0 Å². The average molecular weight is 352 g/mol. The molecule has 1 N–H and O–H groups in total. The first-order valence-electron chi connectivity index (χ1n) is 5.01. The molecule has 0 amide bonds. The summed E-state index contributed by atoms with van der Waals surface area (Å²) in [5.74, 6) is 0. The van der Waals surface area contributed by atoms with Gasteiger partial charge in [-0.2, -0.15) is 0 Å². The van der Waals surface area contributed by atoms with Crippen LogP contribution in [0.25, 0.3) is 0 Å². The maximum atomic E-state index is 10.5. The van der Waals surface area contributed by atoms with Crippen LogP contribution in [0.3, 0.4) is 0 Å². The molecule has 14 heteroatoms. The van der Waals surface area contributed by atoms with Gasteiger partial charge in [0.2, 0.25) is 10.4 Å². The minimum absolute atomic E-state index is 0.182. The Morgan fingerprint density at radius 1 is 1.35 bits per heavy atom. The van der Waals surface area contributed by atoms with Crippen LogP contribution in [0.4, 0.5) is 0 Å². The van der Waals surface area contributed by atoms with Crippen molar-refractivity contribution in [3.8, 4) is 0 Å². The van der Waals surface area contributed by atoms with Crippen molar-refractivity contribution < 1.29 is 43.6 Å². The van der Waals surface area contributed by atoms with Gasteiger partial charge in [0.15, 0.2) is 0 Å². The highest BCUT2D eigenvalue weighted by Gasteiger charge is 2.33. The van der Waals surface area contributed by atoms with E-state index in [-0.39, 0.29) is 13.0 Å². The third-order valence-corrected chi connectivity index (χ3v) is 3.63. The molecule has 0 saturated carbocycles. The quantitative estimate of drug-likeness (QED) is 0.285. The summed E-state index contributed by atoms with van der Waals surface area (Å²) in [5.41, 5.74) is 0. The van der Waals surface area contributed by atoms with Crippen LogP contribution >= 0.6 is 0 Å². The monoisotopic (exact) mass is 352 g/mol. The van der Waals surface area contributed by atoms with E-state index in [9.17, 15) is 30.5 Å². The van der Waals surface area contributed by atoms with E-state index in [1.165, 1.54) is 0 Å². The molecule has 1 heterocycles. The van der Waals surface area contributed by atoms with Crippen LogP contribution in [0, 0.1) is 0 Å². The van der Waals surface area contributed by atoms with Crippen molar-refractivity contribution in [2.45, 2.75) is 24.7 Å². The maximum Gasteiger partial charge on any atom is 0.217 e. The summed E-state index contributed by atoms with van der Waals surface area (Å²) >= 11 is -5.57. The van der Waals surface area contributed by atoms with Crippen molar-refractivity contribution in [2.75, 3.05) is 13.2 Å². The van der Waals surface area contributed by atoms with E-state index < -0.39 is 57.9 Å². The summed E-state index contributed by atoms with van der Waals surface area (Å²) < 4.78 is 88.4. The molecule has 0 aliphatic carbocycles. The second-order valence-corrected chi connectivity index (χ2v) is 6.04. The molecule has 0 aromatic heterocycles. The average Bonchev–Trinajstić information content (AvgIpc) is 2.27. The van der Waals surface area contributed by atoms with Crippen molar-refractivity contribution in [2.24, 2.45) is 0 Å². The van der Waals surface area contributed by atoms with Gasteiger partial charge < -0.3 is 18.4 Å². The summed E-state index contributed by atoms with van der Waals surface area (Å²) in [5, 5.41) is 0. The molecule has 120 valence electrons. The largest absolute Gasteiger partial charge is 0.760 e. The van der Waals surface area contributed by atoms with Crippen LogP contribution in [-0.4, -0.2) is 62.0 Å². The normalized spacial score (nSPS) is 30.9. The van der Waals surface area contributed by atoms with E-state index in [0.29, 0.717) is 0 Å². The number of rotatable bonds is 7. The first-order chi connectivity index (χ1) is 9.17. The van der Waals surface area contributed by atoms with Crippen molar-refractivity contribution in [3.63, 3.8) is 0 Å². The lowest BCUT2D eigenvalue weighted by atomic mass is 10.0. The molecule has 1 saturated heterocycles. The van der Waals surface area contributed by atoms with Crippen LogP contribution in [0.1, 0.15) is 6.42 Å². The van der Waals surface area contributed by atoms with Crippen LogP contribution in [-0.2, 0) is 46.1 Å². The highest BCUT2D eigenvalue weighted by molar-refractivity contribution is 7.80. The smallest absolute Gasteiger partial charge is 0.217 e. The first kappa shape index (κ1) is 18.0. The topological polar surface area (TPSA) is 177 Å². The van der Waals surface area contributed by atoms with Crippen LogP contribution < -0.4 is 4.72 Å². The van der Waals surface area contributed by atoms with E-state index in [2.05, 4.69) is 8.37 Å². The van der Waals surface area contributed by atoms with Gasteiger partial charge in [0.1, 0.15) is 0 Å². The highest BCUT2D eigenvalue weighted by atomic mass is 32.3. The zero-order valence-electron chi connectivity index (χ0n) is 9.66. The fourth-order valence-corrected chi connectivity index (χ4v) is 2.75. The maximum absolute atomic E-state index is 10.5. The Labute approximate surface area is 119 Å². The molecule has 1 aliphatic rings. The summed E-state index contributed by atoms with van der Waals surface area (Å²) in [6.45, 7) is -0.896. The minimum atomic E-state index is -4.90. The molecule has 4 unspecified atom stereocenters. The lowest BCUT2D eigenvalue weighted by Crippen LogP contribution is -2.52. The summed E-state index contributed by atoms with van der Waals surface area (Å²) in [6.07, 6.45) is -2.22. The third kappa shape index (κ3) is 7.11. The van der Waals surface area contributed by atoms with Gasteiger partial charge in [-0.15, -0.1) is 0 Å². The summed E-state index contributed by atoms with van der Waals surface area (Å²) in [4.78, 5) is 0. The Hall–Kier alpha value is -0.0300. The van der Waals surface area contributed by atoms with Crippen molar-refractivity contribution in [1.82, 2.24) is 4.72 Å². The molecule has 20 heavy (non-hydrogen) atoms. The van der Waals surface area contributed by atoms with Gasteiger partial charge in [-0.25, -0.2) is 17.3 Å². The zero-order chi connectivity index (χ0) is 15.3. The van der Waals surface area contributed by atoms with Gasteiger partial charge in [0, 0.05) is 17.7 Å². The zero-order valence-corrected chi connectivity index (χ0v) is 12.1. The van der Waals surface area contributed by atoms with E-state index in [1.54, 1.807) is 0 Å². The van der Waals surface area contributed by atoms with E-state index in [4.69, 9.17) is 4.74 Å². The van der Waals surface area contributed by atoms with Crippen molar-refractivity contribution in [3.05, 3.63) is 0 Å². The lowest BCUT2D eigenvalue weighted by molar-refractivity contribution is -0.0670. The van der Waals surface area contributed by atoms with Gasteiger partial charge in [-0.1, -0.05) is 0 Å². The minimum Gasteiger partial charge on any atom is -0.760 e. The third-order valence-electron chi connectivity index (χ3n) is 2.30. The number of hydrogen-bond donors (Lipinski definition) is 1. The highest BCUT2D eigenvalue weighted by Crippen LogP contribution is 2.19. The molecule has 0 radical (unpaired) electrons. The fourth-order valence-electron chi connectivity index (χ4n) is 1.55. The van der Waals surface area contributed by atoms with Crippen LogP contribution in [0.15, 0.2) is 0 Å². The van der Waals surface area contributed by atoms with E-state index in [1.807, 2.05) is 4.72 Å². The molecule has 0 aromatic rings. The summed E-state index contributed by atoms with van der Waals surface area (Å²) in [6, 6.07) is -0.966. The lowest BCUT2D eigenvalue weighted by Gasteiger charge is -2.36. The predicted octanol–water partition coefficient (Wildman–Crippen LogP) is -2.82. The van der Waals surface area contributed by atoms with Crippen LogP contribution in [0.5, 0.6) is 0 Å². The fraction of sp³-hybridized carbons (Fsp3) is 1.00. The Morgan fingerprint density at radius 2 is 2.00 bits per heavy atom. The molecule has 11 nitrogen and oxygen atoms in total. The number of nitrogens with one attached hydrogen (secondary N) is 1. The molecule has 1 rings (SSSR count). The van der Waals surface area contributed by atoms with E-state index in [0.717, 1.165) is 0 Å². The predicted molar refractivity (Wildman–Crippen MR) is 59.6 cm³/mol. The van der Waals surface area contributed by atoms with Gasteiger partial charge in [-0.3, -0.25) is 12.6 Å². The van der Waals surface area contributed by atoms with Crippen molar-refractivity contribution >= 4 is 33.0 Å². The molecule has 5 atom stereocenters. The Kier molecular flexibility index (Phi) is 7.06. The molecule has 0 spiro atoms. The standard InChI is InChI=1S/C6H13NO10S3/c8-18(9)7-5-3-15-4(2-16-20(12,13)14)1-6(5)17-19(10)11/h4-7H,1-3H2,(H,8,9)(H,10,11)(H,12,13,14)/p-3/t4?,5?,6-/m1/s1.